The molecule has 0 spiro atoms. The van der Waals surface area contributed by atoms with Crippen molar-refractivity contribution in [2.45, 2.75) is 135 Å². The molecule has 1 N–H and O–H groups in total. The van der Waals surface area contributed by atoms with Crippen LogP contribution in [-0.2, 0) is 4.74 Å². The van der Waals surface area contributed by atoms with Crippen LogP contribution in [0, 0.1) is 17.3 Å². The third-order valence-electron chi connectivity index (χ3n) is 12.9. The molecule has 0 saturated carbocycles. The maximum absolute atomic E-state index is 16.2. The first-order chi connectivity index (χ1) is 27.9. The number of aromatic hydroxyl groups is 1. The highest BCUT2D eigenvalue weighted by Gasteiger charge is 2.49. The van der Waals surface area contributed by atoms with Gasteiger partial charge in [0.1, 0.15) is 38.0 Å². The van der Waals surface area contributed by atoms with Crippen LogP contribution in [0.15, 0.2) is 42.5 Å². The fourth-order valence-electron chi connectivity index (χ4n) is 10.2. The summed E-state index contributed by atoms with van der Waals surface area (Å²) < 4.78 is 43.3. The molecule has 0 unspecified atom stereocenters. The lowest BCUT2D eigenvalue weighted by atomic mass is 9.93. The van der Waals surface area contributed by atoms with Crippen LogP contribution >= 0.6 is 0 Å². The first kappa shape index (κ1) is 42.6. The molecule has 1 amide bonds. The van der Waals surface area contributed by atoms with Crippen molar-refractivity contribution < 1.29 is 28.2 Å². The summed E-state index contributed by atoms with van der Waals surface area (Å²) in [4.78, 5) is 25.9. The van der Waals surface area contributed by atoms with E-state index in [1.165, 1.54) is 6.07 Å². The van der Waals surface area contributed by atoms with Gasteiger partial charge in [-0.3, -0.25) is 9.91 Å². The normalized spacial score (nSPS) is 20.4. The van der Waals surface area contributed by atoms with E-state index in [4.69, 9.17) is 19.4 Å². The van der Waals surface area contributed by atoms with Crippen LogP contribution in [-0.4, -0.2) is 89.2 Å². The maximum Gasteiger partial charge on any atom is 0.429 e. The number of benzene rings is 3. The molecule has 0 bridgehead atoms. The molecule has 1 aromatic heterocycles. The van der Waals surface area contributed by atoms with Gasteiger partial charge in [-0.1, -0.05) is 59.6 Å². The third kappa shape index (κ3) is 8.34. The zero-order valence-electron chi connectivity index (χ0n) is 36.3. The molecule has 3 fully saturated rings. The van der Waals surface area contributed by atoms with Gasteiger partial charge in [0.25, 0.3) is 0 Å². The lowest BCUT2D eigenvalue weighted by molar-refractivity contribution is 0.0232. The number of phenolic OH excluding ortho intramolecular Hbond substituents is 1. The molecule has 12 heteroatoms. The molecule has 2 atom stereocenters. The number of alkyl halides is 1. The number of phenols is 1. The van der Waals surface area contributed by atoms with E-state index in [1.807, 2.05) is 44.0 Å². The van der Waals surface area contributed by atoms with Crippen molar-refractivity contribution in [3.8, 4) is 34.4 Å². The van der Waals surface area contributed by atoms with E-state index in [9.17, 15) is 14.3 Å². The summed E-state index contributed by atoms with van der Waals surface area (Å²) >= 11 is 0. The zero-order valence-corrected chi connectivity index (χ0v) is 37.3. The number of fused-ring (bicyclic) bond motifs is 3. The van der Waals surface area contributed by atoms with Crippen molar-refractivity contribution in [1.82, 2.24) is 19.9 Å². The number of carbonyl (C=O) groups is 1. The Balaban J connectivity index is 1.40. The molecule has 3 aromatic carbocycles. The van der Waals surface area contributed by atoms with Gasteiger partial charge in [0, 0.05) is 36.8 Å². The first-order valence-electron chi connectivity index (χ1n) is 21.5. The van der Waals surface area contributed by atoms with E-state index in [0.29, 0.717) is 86.9 Å². The fraction of sp³-hybridized carbons (Fsp3) is 0.553. The van der Waals surface area contributed by atoms with E-state index >= 15 is 4.39 Å². The number of hydrogen-bond donors (Lipinski definition) is 1. The van der Waals surface area contributed by atoms with E-state index in [2.05, 4.69) is 57.9 Å². The highest BCUT2D eigenvalue weighted by molar-refractivity contribution is 6.90. The minimum atomic E-state index is -2.23. The van der Waals surface area contributed by atoms with Crippen molar-refractivity contribution in [1.29, 1.82) is 0 Å². The second-order valence-corrected chi connectivity index (χ2v) is 24.5. The molecular formula is C47H61F2N5O4Si. The van der Waals surface area contributed by atoms with Crippen molar-refractivity contribution >= 4 is 41.7 Å². The second-order valence-electron chi connectivity index (χ2n) is 18.9. The average Bonchev–Trinajstić information content (AvgIpc) is 3.56. The van der Waals surface area contributed by atoms with E-state index in [1.54, 1.807) is 23.2 Å². The maximum atomic E-state index is 16.2. The average molecular weight is 826 g/mol. The zero-order chi connectivity index (χ0) is 42.4. The highest BCUT2D eigenvalue weighted by atomic mass is 28.3. The number of anilines is 1. The number of hydrogen-bond acceptors (Lipinski definition) is 8. The Morgan fingerprint density at radius 1 is 0.966 bits per heavy atom. The van der Waals surface area contributed by atoms with Gasteiger partial charge in [0.05, 0.1) is 16.6 Å². The summed E-state index contributed by atoms with van der Waals surface area (Å²) in [6, 6.07) is 12.3. The standard InChI is InChI=1S/C47H61F2N5O4Si/c1-30(2)59(31(3)4,32(5)6)23-18-37-40(49)17-15-34-24-36(55)26-39(42(34)37)33-14-16-38-41(25-33)50-44(57-29-47-19-13-20-52(47)28-35(48)27-47)51-43(38)53-21-11-10-12-22-54(53)45(56)58-46(7,8)9/h14-17,24-26,30-32,35,55H,10-13,19-22,27-29H2,1-9H3/t35-,47+/m1/s1. The molecule has 3 saturated heterocycles. The van der Waals surface area contributed by atoms with Crippen molar-refractivity contribution in [3.05, 3.63) is 53.8 Å². The Bertz CT molecular complexity index is 2260. The Hall–Kier alpha value is -4.47. The molecule has 9 nitrogen and oxygen atoms in total. The predicted octanol–water partition coefficient (Wildman–Crippen LogP) is 11.0. The third-order valence-corrected chi connectivity index (χ3v) is 19.2. The van der Waals surface area contributed by atoms with Crippen LogP contribution in [0.4, 0.5) is 19.4 Å². The largest absolute Gasteiger partial charge is 0.508 e. The highest BCUT2D eigenvalue weighted by Crippen LogP contribution is 2.43. The Kier molecular flexibility index (Phi) is 11.9. The summed E-state index contributed by atoms with van der Waals surface area (Å²) in [6.07, 6.45) is 3.39. The van der Waals surface area contributed by atoms with Gasteiger partial charge < -0.3 is 14.6 Å². The van der Waals surface area contributed by atoms with Crippen molar-refractivity contribution in [3.63, 3.8) is 0 Å². The molecule has 3 aliphatic heterocycles. The molecule has 7 rings (SSSR count). The smallest absolute Gasteiger partial charge is 0.429 e. The first-order valence-corrected chi connectivity index (χ1v) is 23.8. The van der Waals surface area contributed by atoms with Gasteiger partial charge in [-0.2, -0.15) is 9.97 Å². The predicted molar refractivity (Wildman–Crippen MR) is 235 cm³/mol. The summed E-state index contributed by atoms with van der Waals surface area (Å²) in [5.41, 5.74) is 5.83. The van der Waals surface area contributed by atoms with Crippen LogP contribution in [0.1, 0.15) is 106 Å². The van der Waals surface area contributed by atoms with Crippen LogP contribution in [0.2, 0.25) is 16.6 Å². The van der Waals surface area contributed by atoms with Gasteiger partial charge in [0.15, 0.2) is 5.82 Å². The monoisotopic (exact) mass is 825 g/mol. The van der Waals surface area contributed by atoms with Crippen molar-refractivity contribution in [2.75, 3.05) is 37.8 Å². The minimum Gasteiger partial charge on any atom is -0.508 e. The number of amides is 1. The molecule has 0 aliphatic carbocycles. The summed E-state index contributed by atoms with van der Waals surface area (Å²) in [6.45, 7) is 21.4. The van der Waals surface area contributed by atoms with Crippen molar-refractivity contribution in [2.24, 2.45) is 0 Å². The molecule has 316 valence electrons. The lowest BCUT2D eigenvalue weighted by Gasteiger charge is -2.38. The molecule has 59 heavy (non-hydrogen) atoms. The van der Waals surface area contributed by atoms with Gasteiger partial charge in [-0.05, 0) is 123 Å². The molecule has 0 radical (unpaired) electrons. The Morgan fingerprint density at radius 3 is 2.41 bits per heavy atom. The Morgan fingerprint density at radius 2 is 1.69 bits per heavy atom. The number of halogens is 2. The summed E-state index contributed by atoms with van der Waals surface area (Å²) in [7, 11) is -2.23. The van der Waals surface area contributed by atoms with Gasteiger partial charge in [0.2, 0.25) is 0 Å². The van der Waals surface area contributed by atoms with Crippen LogP contribution in [0.3, 0.4) is 0 Å². The van der Waals surface area contributed by atoms with E-state index in [0.717, 1.165) is 38.6 Å². The van der Waals surface area contributed by atoms with Crippen LogP contribution < -0.4 is 9.75 Å². The summed E-state index contributed by atoms with van der Waals surface area (Å²) in [5, 5.41) is 16.6. The van der Waals surface area contributed by atoms with Crippen LogP contribution in [0.5, 0.6) is 11.8 Å². The van der Waals surface area contributed by atoms with Gasteiger partial charge in [-0.25, -0.2) is 18.6 Å². The number of aromatic nitrogens is 2. The molecule has 4 heterocycles. The number of ether oxygens (including phenoxy) is 2. The summed E-state index contributed by atoms with van der Waals surface area (Å²) in [5.74, 6) is 3.52. The number of nitrogens with zero attached hydrogens (tertiary/aromatic N) is 5. The minimum absolute atomic E-state index is 0.0430. The lowest BCUT2D eigenvalue weighted by Crippen LogP contribution is -2.49. The number of rotatable bonds is 8. The van der Waals surface area contributed by atoms with Gasteiger partial charge in [-0.15, -0.1) is 5.54 Å². The number of hydrazine groups is 1. The quantitative estimate of drug-likeness (QED) is 0.139. The molecule has 3 aliphatic rings. The SMILES string of the molecule is CC(C)[Si](C#Cc1c(F)ccc2cc(O)cc(-c3ccc4c(N5CCCCCN5C(=O)OC(C)(C)C)nc(OC[C@@]56CCCN5C[C@H](F)C6)nc4c3)c12)(C(C)C)C(C)C. The van der Waals surface area contributed by atoms with Crippen LogP contribution in [0.25, 0.3) is 32.8 Å². The fourth-order valence-corrected chi connectivity index (χ4v) is 15.4. The number of carbonyl (C=O) groups excluding carboxylic acids is 1. The topological polar surface area (TPSA) is 91.3 Å². The van der Waals surface area contributed by atoms with E-state index in [-0.39, 0.29) is 18.4 Å². The van der Waals surface area contributed by atoms with Gasteiger partial charge >= 0.3 is 12.1 Å². The molecular weight excluding hydrogens is 765 g/mol. The van der Waals surface area contributed by atoms with E-state index < -0.39 is 37.3 Å². The second kappa shape index (κ2) is 16.5. The molecule has 4 aromatic rings. The Labute approximate surface area is 349 Å².